The van der Waals surface area contributed by atoms with E-state index in [0.29, 0.717) is 29.5 Å². The van der Waals surface area contributed by atoms with Gasteiger partial charge in [0.1, 0.15) is 17.2 Å². The van der Waals surface area contributed by atoms with Crippen LogP contribution in [0.4, 0.5) is 5.69 Å². The first-order valence-electron chi connectivity index (χ1n) is 12.7. The van der Waals surface area contributed by atoms with Crippen molar-refractivity contribution in [1.82, 2.24) is 0 Å². The van der Waals surface area contributed by atoms with Crippen molar-refractivity contribution in [2.75, 3.05) is 18.6 Å². The Hall–Kier alpha value is -4.39. The van der Waals surface area contributed by atoms with Gasteiger partial charge in [0.25, 0.3) is 0 Å². The highest BCUT2D eigenvalue weighted by molar-refractivity contribution is 6.24. The molecule has 2 amide bonds. The average Bonchev–Trinajstić information content (AvgIpc) is 3.18. The first-order chi connectivity index (χ1) is 18.4. The van der Waals surface area contributed by atoms with E-state index in [0.717, 1.165) is 22.3 Å². The van der Waals surface area contributed by atoms with Gasteiger partial charge in [-0.1, -0.05) is 30.3 Å². The van der Waals surface area contributed by atoms with Gasteiger partial charge < -0.3 is 14.2 Å². The van der Waals surface area contributed by atoms with Gasteiger partial charge in [-0.3, -0.25) is 14.4 Å². The molecule has 0 saturated carbocycles. The Kier molecular flexibility index (Phi) is 5.79. The number of esters is 1. The zero-order chi connectivity index (χ0) is 26.6. The summed E-state index contributed by atoms with van der Waals surface area (Å²) in [5.41, 5.74) is 3.79. The van der Waals surface area contributed by atoms with Gasteiger partial charge in [0.05, 0.1) is 37.2 Å². The van der Waals surface area contributed by atoms with E-state index >= 15 is 0 Å². The Morgan fingerprint density at radius 2 is 1.55 bits per heavy atom. The number of benzene rings is 3. The molecule has 0 bridgehead atoms. The molecule has 1 aliphatic carbocycles. The molecule has 0 N–H and O–H groups in total. The minimum atomic E-state index is -0.886. The third-order valence-electron chi connectivity index (χ3n) is 7.66. The van der Waals surface area contributed by atoms with Crippen molar-refractivity contribution < 1.29 is 28.6 Å². The highest BCUT2D eigenvalue weighted by Gasteiger charge is 2.60. The van der Waals surface area contributed by atoms with Crippen LogP contribution in [0.3, 0.4) is 0 Å². The van der Waals surface area contributed by atoms with Crippen LogP contribution in [0.5, 0.6) is 17.2 Å². The summed E-state index contributed by atoms with van der Waals surface area (Å²) in [5.74, 6) is -2.34. The molecule has 192 valence electrons. The lowest BCUT2D eigenvalue weighted by Gasteiger charge is -2.38. The van der Waals surface area contributed by atoms with Crippen LogP contribution in [-0.4, -0.2) is 31.5 Å². The summed E-state index contributed by atoms with van der Waals surface area (Å²) >= 11 is 0. The molecule has 3 aromatic carbocycles. The summed E-state index contributed by atoms with van der Waals surface area (Å²) in [5, 5.41) is 0. The van der Waals surface area contributed by atoms with Crippen LogP contribution in [0.1, 0.15) is 29.5 Å². The number of hydrogen-bond acceptors (Lipinski definition) is 6. The molecule has 3 aromatic rings. The molecule has 6 rings (SSSR count). The van der Waals surface area contributed by atoms with Gasteiger partial charge in [-0.2, -0.15) is 0 Å². The minimum Gasteiger partial charge on any atom is -0.497 e. The zero-order valence-corrected chi connectivity index (χ0v) is 21.3. The van der Waals surface area contributed by atoms with Crippen molar-refractivity contribution in [3.8, 4) is 17.2 Å². The van der Waals surface area contributed by atoms with E-state index in [1.807, 2.05) is 62.4 Å². The number of carbonyl (C=O) groups is 3. The molecule has 2 heterocycles. The van der Waals surface area contributed by atoms with E-state index < -0.39 is 35.5 Å². The first-order valence-corrected chi connectivity index (χ1v) is 12.7. The van der Waals surface area contributed by atoms with Gasteiger partial charge in [0, 0.05) is 11.5 Å². The Bertz CT molecular complexity index is 1470. The maximum Gasteiger partial charge on any atom is 0.319 e. The molecule has 0 unspecified atom stereocenters. The van der Waals surface area contributed by atoms with Gasteiger partial charge in [0.15, 0.2) is 0 Å². The standard InChI is InChI=1S/C31H27NO6/c1-4-37-21-12-8-19(9-13-21)32-29(33)26-23(18-6-10-20(36-3)11-7-18)16-24-22-14-5-17(2)15-25(22)38-31(35)27(24)28(26)30(32)34/h5-16,23,26-28H,4H2,1-3H3/t23-,26-,27-,28+/m1/s1. The second-order valence-corrected chi connectivity index (χ2v) is 9.81. The number of amides is 2. The number of imide groups is 1. The largest absolute Gasteiger partial charge is 0.497 e. The summed E-state index contributed by atoms with van der Waals surface area (Å²) in [6.07, 6.45) is 1.98. The quantitative estimate of drug-likeness (QED) is 0.276. The minimum absolute atomic E-state index is 0.331. The van der Waals surface area contributed by atoms with Crippen LogP contribution in [0.2, 0.25) is 0 Å². The Labute approximate surface area is 220 Å². The maximum atomic E-state index is 14.0. The molecule has 38 heavy (non-hydrogen) atoms. The van der Waals surface area contributed by atoms with Crippen LogP contribution in [0, 0.1) is 24.7 Å². The molecular weight excluding hydrogens is 482 g/mol. The Morgan fingerprint density at radius 3 is 2.24 bits per heavy atom. The normalized spacial score (nSPS) is 23.7. The lowest BCUT2D eigenvalue weighted by molar-refractivity contribution is -0.142. The fraction of sp³-hybridized carbons (Fsp3) is 0.258. The van der Waals surface area contributed by atoms with Crippen molar-refractivity contribution in [2.45, 2.75) is 19.8 Å². The number of nitrogens with zero attached hydrogens (tertiary/aromatic N) is 1. The van der Waals surface area contributed by atoms with Crippen molar-refractivity contribution in [1.29, 1.82) is 0 Å². The predicted octanol–water partition coefficient (Wildman–Crippen LogP) is 4.92. The highest BCUT2D eigenvalue weighted by atomic mass is 16.5. The number of fused-ring (bicyclic) bond motifs is 5. The van der Waals surface area contributed by atoms with Crippen LogP contribution < -0.4 is 19.1 Å². The summed E-state index contributed by atoms with van der Waals surface area (Å²) in [6.45, 7) is 4.33. The van der Waals surface area contributed by atoms with Crippen molar-refractivity contribution in [3.05, 3.63) is 89.5 Å². The zero-order valence-electron chi connectivity index (χ0n) is 21.3. The Morgan fingerprint density at radius 1 is 0.868 bits per heavy atom. The van der Waals surface area contributed by atoms with E-state index in [9.17, 15) is 14.4 Å². The number of aryl methyl sites for hydroxylation is 1. The van der Waals surface area contributed by atoms with Gasteiger partial charge in [-0.25, -0.2) is 4.90 Å². The molecule has 1 saturated heterocycles. The van der Waals surface area contributed by atoms with Crippen LogP contribution in [0.15, 0.2) is 72.8 Å². The smallest absolute Gasteiger partial charge is 0.319 e. The number of anilines is 1. The molecule has 4 atom stereocenters. The molecule has 7 heteroatoms. The summed E-state index contributed by atoms with van der Waals surface area (Å²) in [7, 11) is 1.60. The molecule has 0 aromatic heterocycles. The Balaban J connectivity index is 1.49. The molecule has 3 aliphatic rings. The van der Waals surface area contributed by atoms with E-state index in [1.54, 1.807) is 31.4 Å². The van der Waals surface area contributed by atoms with Gasteiger partial charge in [-0.15, -0.1) is 0 Å². The van der Waals surface area contributed by atoms with Crippen LogP contribution in [-0.2, 0) is 14.4 Å². The number of methoxy groups -OCH3 is 1. The second-order valence-electron chi connectivity index (χ2n) is 9.81. The van der Waals surface area contributed by atoms with Crippen molar-refractivity contribution in [2.24, 2.45) is 17.8 Å². The average molecular weight is 510 g/mol. The fourth-order valence-electron chi connectivity index (χ4n) is 5.93. The highest BCUT2D eigenvalue weighted by Crippen LogP contribution is 2.54. The first kappa shape index (κ1) is 24.0. The number of hydrogen-bond donors (Lipinski definition) is 0. The van der Waals surface area contributed by atoms with Crippen LogP contribution >= 0.6 is 0 Å². The monoisotopic (exact) mass is 509 g/mol. The van der Waals surface area contributed by atoms with E-state index in [1.165, 1.54) is 4.90 Å². The van der Waals surface area contributed by atoms with E-state index in [2.05, 4.69) is 0 Å². The molecule has 1 fully saturated rings. The summed E-state index contributed by atoms with van der Waals surface area (Å²) in [6, 6.07) is 20.1. The molecule has 0 spiro atoms. The van der Waals surface area contributed by atoms with Crippen molar-refractivity contribution in [3.63, 3.8) is 0 Å². The molecule has 2 aliphatic heterocycles. The summed E-state index contributed by atoms with van der Waals surface area (Å²) in [4.78, 5) is 42.7. The van der Waals surface area contributed by atoms with Gasteiger partial charge in [0.2, 0.25) is 11.8 Å². The van der Waals surface area contributed by atoms with Crippen molar-refractivity contribution >= 4 is 29.0 Å². The predicted molar refractivity (Wildman–Crippen MR) is 141 cm³/mol. The SMILES string of the molecule is CCOc1ccc(N2C(=O)[C@@H]3[C@@H]4C(=O)Oc5cc(C)ccc5C4=C[C@H](c4ccc(OC)cc4)[C@H]3C2=O)cc1. The lowest BCUT2D eigenvalue weighted by atomic mass is 9.64. The van der Waals surface area contributed by atoms with E-state index in [-0.39, 0.29) is 5.91 Å². The van der Waals surface area contributed by atoms with E-state index in [4.69, 9.17) is 14.2 Å². The third kappa shape index (κ3) is 3.69. The lowest BCUT2D eigenvalue weighted by Crippen LogP contribution is -2.42. The fourth-order valence-corrected chi connectivity index (χ4v) is 5.93. The van der Waals surface area contributed by atoms with Gasteiger partial charge >= 0.3 is 5.97 Å². The number of ether oxygens (including phenoxy) is 3. The number of carbonyl (C=O) groups excluding carboxylic acids is 3. The number of allylic oxidation sites excluding steroid dienone is 1. The molecular formula is C31H27NO6. The third-order valence-corrected chi connectivity index (χ3v) is 7.66. The van der Waals surface area contributed by atoms with Gasteiger partial charge in [-0.05, 0) is 73.0 Å². The molecule has 0 radical (unpaired) electrons. The second kappa shape index (κ2) is 9.17. The van der Waals surface area contributed by atoms with Crippen LogP contribution in [0.25, 0.3) is 5.57 Å². The number of rotatable bonds is 5. The maximum absolute atomic E-state index is 14.0. The topological polar surface area (TPSA) is 82.1 Å². The molecule has 7 nitrogen and oxygen atoms in total. The summed E-state index contributed by atoms with van der Waals surface area (Å²) < 4.78 is 16.6.